The number of halogens is 1. The van der Waals surface area contributed by atoms with Crippen molar-refractivity contribution in [1.29, 1.82) is 5.41 Å². The largest absolute Gasteiger partial charge is 1.00 e. The SMILES string of the molecule is COC1=CC(=Nc2cnn(Cc3cc[n+](C)cc3)c2N)C(N)=CC1=N.[Cl-]. The van der Waals surface area contributed by atoms with Gasteiger partial charge in [0.2, 0.25) is 0 Å². The van der Waals surface area contributed by atoms with Gasteiger partial charge in [-0.15, -0.1) is 0 Å². The monoisotopic (exact) mass is 373 g/mol. The van der Waals surface area contributed by atoms with Gasteiger partial charge in [0.1, 0.15) is 24.3 Å². The lowest BCUT2D eigenvalue weighted by atomic mass is 10.1. The summed E-state index contributed by atoms with van der Waals surface area (Å²) in [4.78, 5) is 4.47. The molecule has 0 amide bonds. The van der Waals surface area contributed by atoms with Gasteiger partial charge in [0.15, 0.2) is 12.4 Å². The molecule has 2 aromatic heterocycles. The van der Waals surface area contributed by atoms with E-state index in [1.807, 2.05) is 36.1 Å². The maximum atomic E-state index is 7.78. The first-order chi connectivity index (χ1) is 12.0. The average Bonchev–Trinajstić information content (AvgIpc) is 2.92. The minimum absolute atomic E-state index is 0. The molecule has 3 rings (SSSR count). The number of nitrogens with two attached hydrogens (primary N) is 2. The number of allylic oxidation sites excluding steroid dienone is 2. The summed E-state index contributed by atoms with van der Waals surface area (Å²) < 4.78 is 8.79. The highest BCUT2D eigenvalue weighted by Gasteiger charge is 2.16. The van der Waals surface area contributed by atoms with Crippen molar-refractivity contribution in [1.82, 2.24) is 9.78 Å². The molecular formula is C17H20ClN7O. The summed E-state index contributed by atoms with van der Waals surface area (Å²) in [6.45, 7) is 0.548. The summed E-state index contributed by atoms with van der Waals surface area (Å²) in [5.41, 5.74) is 14.8. The van der Waals surface area contributed by atoms with Crippen LogP contribution in [0.25, 0.3) is 0 Å². The predicted molar refractivity (Wildman–Crippen MR) is 95.5 cm³/mol. The molecule has 0 saturated carbocycles. The molecule has 0 fully saturated rings. The average molecular weight is 374 g/mol. The van der Waals surface area contributed by atoms with Gasteiger partial charge < -0.3 is 28.6 Å². The molecule has 2 heterocycles. The van der Waals surface area contributed by atoms with Crippen molar-refractivity contribution in [3.63, 3.8) is 0 Å². The van der Waals surface area contributed by atoms with Crippen molar-refractivity contribution >= 4 is 22.9 Å². The number of rotatable bonds is 4. The molecule has 136 valence electrons. The van der Waals surface area contributed by atoms with Crippen LogP contribution in [-0.4, -0.2) is 28.3 Å². The molecule has 0 atom stereocenters. The zero-order chi connectivity index (χ0) is 18.0. The van der Waals surface area contributed by atoms with Crippen molar-refractivity contribution in [2.24, 2.45) is 17.8 Å². The van der Waals surface area contributed by atoms with Crippen LogP contribution in [-0.2, 0) is 18.3 Å². The third kappa shape index (κ3) is 3.92. The van der Waals surface area contributed by atoms with Crippen LogP contribution in [0.15, 0.2) is 59.3 Å². The van der Waals surface area contributed by atoms with E-state index in [1.165, 1.54) is 13.2 Å². The fraction of sp³-hybridized carbons (Fsp3) is 0.176. The topological polar surface area (TPSA) is 119 Å². The van der Waals surface area contributed by atoms with Gasteiger partial charge in [-0.25, -0.2) is 14.2 Å². The molecule has 1 aliphatic carbocycles. The zero-order valence-electron chi connectivity index (χ0n) is 14.5. The van der Waals surface area contributed by atoms with Crippen LogP contribution in [0.3, 0.4) is 0 Å². The lowest BCUT2D eigenvalue weighted by Crippen LogP contribution is -3.00. The molecule has 5 N–H and O–H groups in total. The van der Waals surface area contributed by atoms with Crippen LogP contribution in [0.2, 0.25) is 0 Å². The highest BCUT2D eigenvalue weighted by Crippen LogP contribution is 2.24. The predicted octanol–water partition coefficient (Wildman–Crippen LogP) is -2.18. The standard InChI is InChI=1S/C17H20N7O.ClH/c1-23-5-3-11(4-6-23)10-24-17(20)15(9-21-24)22-14-8-16(25-2)13(19)7-12(14)18;/h3-9,19H,10,18,20H2,1-2H3;1H/q+1;/p-1. The minimum atomic E-state index is 0. The molecule has 0 bridgehead atoms. The maximum absolute atomic E-state index is 7.78. The van der Waals surface area contributed by atoms with Crippen molar-refractivity contribution in [2.75, 3.05) is 12.8 Å². The Morgan fingerprint density at radius 2 is 1.96 bits per heavy atom. The van der Waals surface area contributed by atoms with Gasteiger partial charge in [-0.3, -0.25) is 5.41 Å². The first-order valence-corrected chi connectivity index (χ1v) is 7.64. The third-order valence-corrected chi connectivity index (χ3v) is 3.83. The molecule has 26 heavy (non-hydrogen) atoms. The maximum Gasteiger partial charge on any atom is 0.168 e. The zero-order valence-corrected chi connectivity index (χ0v) is 15.2. The number of nitrogens with one attached hydrogen (secondary N) is 1. The van der Waals surface area contributed by atoms with E-state index in [2.05, 4.69) is 10.1 Å². The summed E-state index contributed by atoms with van der Waals surface area (Å²) in [7, 11) is 3.46. The second-order valence-corrected chi connectivity index (χ2v) is 5.67. The van der Waals surface area contributed by atoms with Gasteiger partial charge in [-0.1, -0.05) is 0 Å². The Morgan fingerprint density at radius 1 is 1.27 bits per heavy atom. The summed E-state index contributed by atoms with van der Waals surface area (Å²) in [6.07, 6.45) is 8.65. The van der Waals surface area contributed by atoms with E-state index in [-0.39, 0.29) is 18.1 Å². The Balaban J connectivity index is 0.00000243. The Kier molecular flexibility index (Phi) is 5.78. The Hall–Kier alpha value is -3.13. The van der Waals surface area contributed by atoms with Crippen molar-refractivity contribution in [3.8, 4) is 0 Å². The molecule has 0 unspecified atom stereocenters. The van der Waals surface area contributed by atoms with Gasteiger partial charge in [-0.2, -0.15) is 5.10 Å². The van der Waals surface area contributed by atoms with E-state index in [1.54, 1.807) is 17.0 Å². The first-order valence-electron chi connectivity index (χ1n) is 7.64. The highest BCUT2D eigenvalue weighted by atomic mass is 35.5. The molecule has 2 aromatic rings. The number of nitrogens with zero attached hydrogens (tertiary/aromatic N) is 4. The number of aromatic nitrogens is 3. The molecule has 0 spiro atoms. The third-order valence-electron chi connectivity index (χ3n) is 3.83. The Morgan fingerprint density at radius 3 is 2.62 bits per heavy atom. The van der Waals surface area contributed by atoms with Gasteiger partial charge in [0.25, 0.3) is 0 Å². The van der Waals surface area contributed by atoms with Crippen LogP contribution in [0.5, 0.6) is 0 Å². The molecule has 0 aromatic carbocycles. The quantitative estimate of drug-likeness (QED) is 0.417. The normalized spacial score (nSPS) is 15.3. The number of ether oxygens (including phenoxy) is 1. The molecule has 8 nitrogen and oxygen atoms in total. The Bertz CT molecular complexity index is 910. The lowest BCUT2D eigenvalue weighted by molar-refractivity contribution is -0.671. The first kappa shape index (κ1) is 19.2. The highest BCUT2D eigenvalue weighted by molar-refractivity contribution is 6.22. The molecular weight excluding hydrogens is 354 g/mol. The van der Waals surface area contributed by atoms with Crippen LogP contribution in [0.4, 0.5) is 11.5 Å². The van der Waals surface area contributed by atoms with E-state index in [9.17, 15) is 0 Å². The van der Waals surface area contributed by atoms with E-state index < -0.39 is 0 Å². The smallest absolute Gasteiger partial charge is 0.168 e. The fourth-order valence-corrected chi connectivity index (χ4v) is 2.39. The number of hydrogen-bond donors (Lipinski definition) is 3. The number of pyridine rings is 1. The van der Waals surface area contributed by atoms with E-state index >= 15 is 0 Å². The van der Waals surface area contributed by atoms with Gasteiger partial charge in [-0.05, 0) is 11.6 Å². The van der Waals surface area contributed by atoms with E-state index in [0.29, 0.717) is 35.2 Å². The number of aliphatic imine (C=N–C) groups is 1. The second kappa shape index (κ2) is 7.83. The lowest BCUT2D eigenvalue weighted by Gasteiger charge is -2.12. The number of nitrogen functional groups attached to an aromatic ring is 1. The summed E-state index contributed by atoms with van der Waals surface area (Å²) in [6, 6.07) is 4.02. The summed E-state index contributed by atoms with van der Waals surface area (Å²) in [5.74, 6) is 0.845. The number of aryl methyl sites for hydroxylation is 1. The summed E-state index contributed by atoms with van der Waals surface area (Å²) >= 11 is 0. The van der Waals surface area contributed by atoms with Crippen molar-refractivity contribution in [2.45, 2.75) is 6.54 Å². The van der Waals surface area contributed by atoms with Gasteiger partial charge in [0, 0.05) is 18.2 Å². The second-order valence-electron chi connectivity index (χ2n) is 5.67. The van der Waals surface area contributed by atoms with Crippen LogP contribution >= 0.6 is 0 Å². The van der Waals surface area contributed by atoms with Gasteiger partial charge in [0.05, 0.1) is 37.0 Å². The number of methoxy groups -OCH3 is 1. The Labute approximate surface area is 157 Å². The van der Waals surface area contributed by atoms with E-state index in [0.717, 1.165) is 5.56 Å². The number of hydrogen-bond acceptors (Lipinski definition) is 6. The minimum Gasteiger partial charge on any atom is -1.00 e. The molecule has 0 aliphatic heterocycles. The fourth-order valence-electron chi connectivity index (χ4n) is 2.39. The van der Waals surface area contributed by atoms with Crippen LogP contribution < -0.4 is 28.4 Å². The molecule has 0 radical (unpaired) electrons. The van der Waals surface area contributed by atoms with Crippen LogP contribution in [0, 0.1) is 5.41 Å². The van der Waals surface area contributed by atoms with Crippen molar-refractivity contribution in [3.05, 3.63) is 59.9 Å². The van der Waals surface area contributed by atoms with Gasteiger partial charge >= 0.3 is 0 Å². The summed E-state index contributed by atoms with van der Waals surface area (Å²) in [5, 5.41) is 12.1. The van der Waals surface area contributed by atoms with Crippen LogP contribution in [0.1, 0.15) is 5.56 Å². The van der Waals surface area contributed by atoms with E-state index in [4.69, 9.17) is 21.6 Å². The molecule has 1 aliphatic rings. The van der Waals surface area contributed by atoms with Crippen molar-refractivity contribution < 1.29 is 21.7 Å². The number of anilines is 1. The molecule has 0 saturated heterocycles. The molecule has 9 heteroatoms.